The van der Waals surface area contributed by atoms with Crippen LogP contribution in [0.3, 0.4) is 0 Å². The first-order valence-corrected chi connectivity index (χ1v) is 9.10. The van der Waals surface area contributed by atoms with Gasteiger partial charge in [-0.2, -0.15) is 0 Å². The highest BCUT2D eigenvalue weighted by Crippen LogP contribution is 2.42. The van der Waals surface area contributed by atoms with Crippen LogP contribution in [0.1, 0.15) is 26.2 Å². The molecular formula is C14H28O5Si. The van der Waals surface area contributed by atoms with E-state index in [2.05, 4.69) is 6.92 Å². The Balaban J connectivity index is 1.62. The molecule has 20 heavy (non-hydrogen) atoms. The summed E-state index contributed by atoms with van der Waals surface area (Å²) in [5.74, 6) is 0.497. The average molecular weight is 304 g/mol. The summed E-state index contributed by atoms with van der Waals surface area (Å²) in [7, 11) is 4.12. The smallest absolute Gasteiger partial charge is 0.305 e. The van der Waals surface area contributed by atoms with E-state index in [1.807, 2.05) is 0 Å². The maximum Gasteiger partial charge on any atom is 0.305 e. The summed E-state index contributed by atoms with van der Waals surface area (Å²) in [5.41, 5.74) is 0. The van der Waals surface area contributed by atoms with Crippen molar-refractivity contribution in [2.45, 2.75) is 50.4 Å². The normalized spacial score (nSPS) is 31.5. The van der Waals surface area contributed by atoms with Crippen LogP contribution in [0.5, 0.6) is 0 Å². The van der Waals surface area contributed by atoms with Crippen molar-refractivity contribution in [2.75, 3.05) is 27.9 Å². The van der Waals surface area contributed by atoms with Gasteiger partial charge in [0.1, 0.15) is 6.61 Å². The Morgan fingerprint density at radius 1 is 1.15 bits per heavy atom. The zero-order valence-electron chi connectivity index (χ0n) is 13.1. The summed E-state index contributed by atoms with van der Waals surface area (Å²) >= 11 is 0. The maximum atomic E-state index is 5.80. The highest BCUT2D eigenvalue weighted by atomic mass is 28.2. The fourth-order valence-corrected chi connectivity index (χ4v) is 4.48. The van der Waals surface area contributed by atoms with E-state index in [1.165, 1.54) is 25.3 Å². The molecule has 1 saturated heterocycles. The molecule has 1 heterocycles. The molecule has 0 N–H and O–H groups in total. The van der Waals surface area contributed by atoms with Crippen LogP contribution >= 0.6 is 0 Å². The van der Waals surface area contributed by atoms with Crippen molar-refractivity contribution in [1.29, 1.82) is 0 Å². The van der Waals surface area contributed by atoms with E-state index < -0.39 is 15.7 Å². The molecule has 118 valence electrons. The summed E-state index contributed by atoms with van der Waals surface area (Å²) in [5, 5.41) is 0. The van der Waals surface area contributed by atoms with Gasteiger partial charge in [0.15, 0.2) is 9.76 Å². The third-order valence-electron chi connectivity index (χ3n) is 4.78. The third kappa shape index (κ3) is 4.02. The molecule has 2 aliphatic rings. The molecule has 0 spiro atoms. The quantitative estimate of drug-likeness (QED) is 0.278. The van der Waals surface area contributed by atoms with Gasteiger partial charge in [-0.1, -0.05) is 6.92 Å². The van der Waals surface area contributed by atoms with Crippen LogP contribution in [-0.4, -0.2) is 55.9 Å². The van der Waals surface area contributed by atoms with Crippen molar-refractivity contribution in [3.8, 4) is 0 Å². The summed E-state index contributed by atoms with van der Waals surface area (Å²) in [4.78, 5) is 0. The Morgan fingerprint density at radius 2 is 1.85 bits per heavy atom. The van der Waals surface area contributed by atoms with Gasteiger partial charge in [0.05, 0.1) is 12.2 Å². The molecule has 2 rings (SSSR count). The molecule has 1 aliphatic heterocycles. The molecular weight excluding hydrogens is 276 g/mol. The van der Waals surface area contributed by atoms with Gasteiger partial charge in [0, 0.05) is 21.3 Å². The molecule has 6 heteroatoms. The second-order valence-corrected chi connectivity index (χ2v) is 7.29. The number of fused-ring (bicyclic) bond motifs is 1. The van der Waals surface area contributed by atoms with Crippen molar-refractivity contribution in [1.82, 2.24) is 0 Å². The lowest BCUT2D eigenvalue weighted by Gasteiger charge is -2.29. The molecule has 1 aliphatic carbocycles. The first-order valence-electron chi connectivity index (χ1n) is 7.52. The van der Waals surface area contributed by atoms with E-state index in [-0.39, 0.29) is 0 Å². The first-order chi connectivity index (χ1) is 9.64. The zero-order valence-corrected chi connectivity index (χ0v) is 14.5. The summed E-state index contributed by atoms with van der Waals surface area (Å²) in [6.07, 6.45) is 4.98. The number of ether oxygens (including phenoxy) is 4. The molecule has 2 fully saturated rings. The Labute approximate surface area is 124 Å². The van der Waals surface area contributed by atoms with Crippen molar-refractivity contribution in [2.24, 2.45) is 11.8 Å². The Hall–Kier alpha value is 0.0169. The summed E-state index contributed by atoms with van der Waals surface area (Å²) < 4.78 is 27.1. The predicted octanol–water partition coefficient (Wildman–Crippen LogP) is 1.30. The SMILES string of the molecule is COC(CO[SiH2]CC(C)C1CCC2OC2C1)(OC)OC. The second-order valence-electron chi connectivity index (χ2n) is 5.90. The number of methoxy groups -OCH3 is 3. The lowest BCUT2D eigenvalue weighted by atomic mass is 9.82. The maximum absolute atomic E-state index is 5.80. The molecule has 5 nitrogen and oxygen atoms in total. The van der Waals surface area contributed by atoms with Crippen LogP contribution in [0.4, 0.5) is 0 Å². The van der Waals surface area contributed by atoms with Crippen LogP contribution in [-0.2, 0) is 23.4 Å². The largest absolute Gasteiger partial charge is 0.416 e. The summed E-state index contributed by atoms with van der Waals surface area (Å²) in [6.45, 7) is 2.69. The fraction of sp³-hybridized carbons (Fsp3) is 1.00. The number of hydrogen-bond donors (Lipinski definition) is 0. The Kier molecular flexibility index (Phi) is 6.01. The zero-order chi connectivity index (χ0) is 14.6. The second kappa shape index (κ2) is 7.33. The van der Waals surface area contributed by atoms with E-state index >= 15 is 0 Å². The molecule has 0 aromatic carbocycles. The van der Waals surface area contributed by atoms with Crippen molar-refractivity contribution in [3.05, 3.63) is 0 Å². The van der Waals surface area contributed by atoms with Gasteiger partial charge in [-0.15, -0.1) is 0 Å². The molecule has 4 atom stereocenters. The molecule has 4 unspecified atom stereocenters. The van der Waals surface area contributed by atoms with Gasteiger partial charge in [0.25, 0.3) is 0 Å². The Morgan fingerprint density at radius 3 is 2.45 bits per heavy atom. The topological polar surface area (TPSA) is 49.5 Å². The minimum absolute atomic E-state index is 0.341. The van der Waals surface area contributed by atoms with Crippen molar-refractivity contribution in [3.63, 3.8) is 0 Å². The van der Waals surface area contributed by atoms with Crippen molar-refractivity contribution >= 4 is 9.76 Å². The monoisotopic (exact) mass is 304 g/mol. The first kappa shape index (κ1) is 16.4. The highest BCUT2D eigenvalue weighted by Gasteiger charge is 2.44. The van der Waals surface area contributed by atoms with Crippen LogP contribution in [0, 0.1) is 11.8 Å². The van der Waals surface area contributed by atoms with Gasteiger partial charge in [0.2, 0.25) is 0 Å². The van der Waals surface area contributed by atoms with Gasteiger partial charge < -0.3 is 23.4 Å². The van der Waals surface area contributed by atoms with E-state index in [0.29, 0.717) is 18.8 Å². The molecule has 0 amide bonds. The lowest BCUT2D eigenvalue weighted by Crippen LogP contribution is -2.41. The average Bonchev–Trinajstić information content (AvgIpc) is 3.26. The molecule has 0 aromatic rings. The van der Waals surface area contributed by atoms with Crippen LogP contribution in [0.25, 0.3) is 0 Å². The summed E-state index contributed by atoms with van der Waals surface area (Å²) in [6, 6.07) is 1.19. The van der Waals surface area contributed by atoms with Crippen LogP contribution in [0.2, 0.25) is 6.04 Å². The van der Waals surface area contributed by atoms with Crippen LogP contribution < -0.4 is 0 Å². The van der Waals surface area contributed by atoms with Gasteiger partial charge in [-0.25, -0.2) is 0 Å². The third-order valence-corrected chi connectivity index (χ3v) is 6.42. The highest BCUT2D eigenvalue weighted by molar-refractivity contribution is 6.27. The van der Waals surface area contributed by atoms with E-state index in [0.717, 1.165) is 11.8 Å². The Bertz CT molecular complexity index is 289. The molecule has 0 bridgehead atoms. The van der Waals surface area contributed by atoms with E-state index in [9.17, 15) is 0 Å². The number of rotatable bonds is 9. The standard InChI is InChI=1S/C14H28O5Si/c1-10(11-5-6-12-13(7-11)19-12)8-20-18-9-14(15-2,16-3)17-4/h10-13H,5-9,20H2,1-4H3. The predicted molar refractivity (Wildman–Crippen MR) is 78.2 cm³/mol. The van der Waals surface area contributed by atoms with Gasteiger partial charge in [-0.3, -0.25) is 0 Å². The number of epoxide rings is 1. The molecule has 0 radical (unpaired) electrons. The van der Waals surface area contributed by atoms with Crippen molar-refractivity contribution < 1.29 is 23.4 Å². The van der Waals surface area contributed by atoms with E-state index in [1.54, 1.807) is 21.3 Å². The minimum atomic E-state index is -1.05. The fourth-order valence-electron chi connectivity index (χ4n) is 3.08. The lowest BCUT2D eigenvalue weighted by molar-refractivity contribution is -0.361. The minimum Gasteiger partial charge on any atom is -0.416 e. The van der Waals surface area contributed by atoms with Gasteiger partial charge >= 0.3 is 5.97 Å². The van der Waals surface area contributed by atoms with E-state index in [4.69, 9.17) is 23.4 Å². The number of hydrogen-bond acceptors (Lipinski definition) is 5. The van der Waals surface area contributed by atoms with Crippen LogP contribution in [0.15, 0.2) is 0 Å². The van der Waals surface area contributed by atoms with Gasteiger partial charge in [-0.05, 0) is 37.1 Å². The molecule has 0 aromatic heterocycles. The molecule has 1 saturated carbocycles.